The van der Waals surface area contributed by atoms with Crippen LogP contribution in [-0.4, -0.2) is 17.8 Å². The van der Waals surface area contributed by atoms with Gasteiger partial charge >= 0.3 is 5.97 Å². The molecular weight excluding hydrogens is 472 g/mol. The maximum absolute atomic E-state index is 12.4. The van der Waals surface area contributed by atoms with Gasteiger partial charge in [0.05, 0.1) is 0 Å². The van der Waals surface area contributed by atoms with Crippen molar-refractivity contribution in [2.24, 2.45) is 0 Å². The van der Waals surface area contributed by atoms with Gasteiger partial charge in [-0.05, 0) is 53.9 Å². The quantitative estimate of drug-likeness (QED) is 0.345. The van der Waals surface area contributed by atoms with E-state index in [-0.39, 0.29) is 11.8 Å². The van der Waals surface area contributed by atoms with Crippen LogP contribution in [0.25, 0.3) is 0 Å². The van der Waals surface area contributed by atoms with Gasteiger partial charge in [-0.2, -0.15) is 0 Å². The van der Waals surface area contributed by atoms with Crippen LogP contribution in [0, 0.1) is 0 Å². The van der Waals surface area contributed by atoms with Crippen LogP contribution >= 0.6 is 15.9 Å². The summed E-state index contributed by atoms with van der Waals surface area (Å²) >= 11 is 3.49. The molecule has 7 heteroatoms. The smallest absolute Gasteiger partial charge is 0.308 e. The standard InChI is InChI=1S/C25H23BrN2O4/c1-17(29)32-22-7-4-6-20(15-22)25(31)27-16-18-9-12-21(13-10-18)28-24(30)14-11-19-5-2-3-8-23(19)26/h2-10,12-13,15H,11,14,16H2,1H3,(H,27,31)(H,28,30). The van der Waals surface area contributed by atoms with Crippen LogP contribution in [0.2, 0.25) is 0 Å². The molecule has 2 N–H and O–H groups in total. The first kappa shape index (κ1) is 23.2. The Kier molecular flexibility index (Phi) is 8.16. The van der Waals surface area contributed by atoms with E-state index in [2.05, 4.69) is 26.6 Å². The minimum atomic E-state index is -0.442. The zero-order chi connectivity index (χ0) is 22.9. The Morgan fingerprint density at radius 1 is 0.938 bits per heavy atom. The molecule has 0 atom stereocenters. The fourth-order valence-corrected chi connectivity index (χ4v) is 3.51. The van der Waals surface area contributed by atoms with Crippen LogP contribution in [-0.2, 0) is 22.6 Å². The summed E-state index contributed by atoms with van der Waals surface area (Å²) in [4.78, 5) is 35.7. The highest BCUT2D eigenvalue weighted by Gasteiger charge is 2.09. The van der Waals surface area contributed by atoms with Gasteiger partial charge in [0.1, 0.15) is 5.75 Å². The summed E-state index contributed by atoms with van der Waals surface area (Å²) in [5, 5.41) is 5.72. The molecule has 0 aliphatic rings. The van der Waals surface area contributed by atoms with Gasteiger partial charge in [0.15, 0.2) is 0 Å². The highest BCUT2D eigenvalue weighted by Crippen LogP contribution is 2.18. The van der Waals surface area contributed by atoms with Gasteiger partial charge in [0.25, 0.3) is 5.91 Å². The third-order valence-electron chi connectivity index (χ3n) is 4.63. The van der Waals surface area contributed by atoms with E-state index < -0.39 is 5.97 Å². The number of benzene rings is 3. The Morgan fingerprint density at radius 2 is 1.69 bits per heavy atom. The molecule has 0 aliphatic carbocycles. The Labute approximate surface area is 195 Å². The Bertz CT molecular complexity index is 1110. The molecule has 0 saturated carbocycles. The van der Waals surface area contributed by atoms with Crippen molar-refractivity contribution in [2.45, 2.75) is 26.3 Å². The van der Waals surface area contributed by atoms with Gasteiger partial charge in [-0.15, -0.1) is 0 Å². The Balaban J connectivity index is 1.48. The molecule has 0 bridgehead atoms. The molecule has 0 heterocycles. The van der Waals surface area contributed by atoms with Crippen molar-refractivity contribution >= 4 is 39.4 Å². The number of halogens is 1. The maximum Gasteiger partial charge on any atom is 0.308 e. The summed E-state index contributed by atoms with van der Waals surface area (Å²) in [5.41, 5.74) is 3.08. The SMILES string of the molecule is CC(=O)Oc1cccc(C(=O)NCc2ccc(NC(=O)CCc3ccccc3Br)cc2)c1. The van der Waals surface area contributed by atoms with Crippen LogP contribution < -0.4 is 15.4 Å². The van der Waals surface area contributed by atoms with Crippen LogP contribution in [0.5, 0.6) is 5.75 Å². The fourth-order valence-electron chi connectivity index (χ4n) is 3.03. The van der Waals surface area contributed by atoms with E-state index in [4.69, 9.17) is 4.74 Å². The van der Waals surface area contributed by atoms with Crippen molar-refractivity contribution in [3.63, 3.8) is 0 Å². The molecule has 3 rings (SSSR count). The summed E-state index contributed by atoms with van der Waals surface area (Å²) in [6.07, 6.45) is 1.03. The van der Waals surface area contributed by atoms with E-state index >= 15 is 0 Å². The van der Waals surface area contributed by atoms with E-state index in [0.29, 0.717) is 36.4 Å². The third-order valence-corrected chi connectivity index (χ3v) is 5.40. The lowest BCUT2D eigenvalue weighted by atomic mass is 10.1. The van der Waals surface area contributed by atoms with Gasteiger partial charge in [0, 0.05) is 35.6 Å². The van der Waals surface area contributed by atoms with E-state index in [9.17, 15) is 14.4 Å². The zero-order valence-corrected chi connectivity index (χ0v) is 19.1. The molecule has 0 spiro atoms. The first-order valence-electron chi connectivity index (χ1n) is 10.1. The normalized spacial score (nSPS) is 10.3. The minimum Gasteiger partial charge on any atom is -0.427 e. The zero-order valence-electron chi connectivity index (χ0n) is 17.6. The van der Waals surface area contributed by atoms with Crippen molar-refractivity contribution in [3.05, 3.63) is 94.0 Å². The number of carbonyl (C=O) groups is 3. The van der Waals surface area contributed by atoms with Crippen LogP contribution in [0.15, 0.2) is 77.3 Å². The second-order valence-electron chi connectivity index (χ2n) is 7.14. The van der Waals surface area contributed by atoms with Gasteiger partial charge in [-0.25, -0.2) is 0 Å². The highest BCUT2D eigenvalue weighted by atomic mass is 79.9. The molecule has 0 unspecified atom stereocenters. The summed E-state index contributed by atoms with van der Waals surface area (Å²) in [5.74, 6) is -0.453. The van der Waals surface area contributed by atoms with E-state index in [1.165, 1.54) is 13.0 Å². The number of rotatable bonds is 8. The summed E-state index contributed by atoms with van der Waals surface area (Å²) in [6, 6.07) is 21.6. The van der Waals surface area contributed by atoms with Crippen LogP contribution in [0.1, 0.15) is 34.8 Å². The van der Waals surface area contributed by atoms with Gasteiger partial charge < -0.3 is 15.4 Å². The first-order valence-corrected chi connectivity index (χ1v) is 10.9. The minimum absolute atomic E-state index is 0.0607. The second kappa shape index (κ2) is 11.2. The largest absolute Gasteiger partial charge is 0.427 e. The van der Waals surface area contributed by atoms with Crippen molar-refractivity contribution in [1.82, 2.24) is 5.32 Å². The molecule has 0 aromatic heterocycles. The van der Waals surface area contributed by atoms with E-state index in [1.54, 1.807) is 30.3 Å². The van der Waals surface area contributed by atoms with Gasteiger partial charge in [0.2, 0.25) is 5.91 Å². The topological polar surface area (TPSA) is 84.5 Å². The average Bonchev–Trinajstić information content (AvgIpc) is 2.77. The number of ether oxygens (including phenoxy) is 1. The number of anilines is 1. The molecule has 0 fully saturated rings. The van der Waals surface area contributed by atoms with Crippen molar-refractivity contribution in [2.75, 3.05) is 5.32 Å². The molecule has 0 saturated heterocycles. The molecule has 164 valence electrons. The van der Waals surface area contributed by atoms with Gasteiger partial charge in [-0.1, -0.05) is 52.3 Å². The molecular formula is C25H23BrN2O4. The van der Waals surface area contributed by atoms with E-state index in [0.717, 1.165) is 15.6 Å². The lowest BCUT2D eigenvalue weighted by Crippen LogP contribution is -2.22. The maximum atomic E-state index is 12.4. The molecule has 3 aromatic carbocycles. The summed E-state index contributed by atoms with van der Waals surface area (Å²) in [7, 11) is 0. The number of esters is 1. The van der Waals surface area contributed by atoms with Crippen LogP contribution in [0.4, 0.5) is 5.69 Å². The number of aryl methyl sites for hydroxylation is 1. The Morgan fingerprint density at radius 3 is 2.41 bits per heavy atom. The average molecular weight is 495 g/mol. The van der Waals surface area contributed by atoms with Crippen molar-refractivity contribution < 1.29 is 19.1 Å². The number of nitrogens with one attached hydrogen (secondary N) is 2. The number of carbonyl (C=O) groups excluding carboxylic acids is 3. The number of amides is 2. The first-order chi connectivity index (χ1) is 15.4. The molecule has 0 radical (unpaired) electrons. The molecule has 2 amide bonds. The summed E-state index contributed by atoms with van der Waals surface area (Å²) < 4.78 is 6.00. The fraction of sp³-hybridized carbons (Fsp3) is 0.160. The predicted octanol–water partition coefficient (Wildman–Crippen LogP) is 4.88. The monoisotopic (exact) mass is 494 g/mol. The predicted molar refractivity (Wildman–Crippen MR) is 126 cm³/mol. The Hall–Kier alpha value is -3.45. The second-order valence-corrected chi connectivity index (χ2v) is 7.99. The third kappa shape index (κ3) is 7.06. The number of hydrogen-bond donors (Lipinski definition) is 2. The summed E-state index contributed by atoms with van der Waals surface area (Å²) in [6.45, 7) is 1.63. The lowest BCUT2D eigenvalue weighted by molar-refractivity contribution is -0.131. The number of hydrogen-bond acceptors (Lipinski definition) is 4. The van der Waals surface area contributed by atoms with E-state index in [1.807, 2.05) is 36.4 Å². The van der Waals surface area contributed by atoms with Crippen molar-refractivity contribution in [3.8, 4) is 5.75 Å². The molecule has 32 heavy (non-hydrogen) atoms. The molecule has 6 nitrogen and oxygen atoms in total. The van der Waals surface area contributed by atoms with Crippen LogP contribution in [0.3, 0.4) is 0 Å². The van der Waals surface area contributed by atoms with Crippen molar-refractivity contribution in [1.29, 1.82) is 0 Å². The molecule has 3 aromatic rings. The highest BCUT2D eigenvalue weighted by molar-refractivity contribution is 9.10. The lowest BCUT2D eigenvalue weighted by Gasteiger charge is -2.09. The molecule has 0 aliphatic heterocycles. The van der Waals surface area contributed by atoms with Gasteiger partial charge in [-0.3, -0.25) is 14.4 Å².